The van der Waals surface area contributed by atoms with E-state index in [1.54, 1.807) is 0 Å². The molecule has 0 bridgehead atoms. The zero-order valence-electron chi connectivity index (χ0n) is 12.9. The van der Waals surface area contributed by atoms with Crippen LogP contribution in [0.2, 0.25) is 0 Å². The molecule has 3 heteroatoms. The van der Waals surface area contributed by atoms with Crippen molar-refractivity contribution >= 4 is 11.0 Å². The lowest BCUT2D eigenvalue weighted by molar-refractivity contribution is 0.123. The number of hydrogen-bond acceptors (Lipinski definition) is 3. The number of aryl methyl sites for hydroxylation is 1. The van der Waals surface area contributed by atoms with Crippen molar-refractivity contribution < 1.29 is 9.15 Å². The van der Waals surface area contributed by atoms with Crippen LogP contribution in [0.4, 0.5) is 0 Å². The van der Waals surface area contributed by atoms with Crippen LogP contribution in [-0.2, 0) is 11.2 Å². The smallest absolute Gasteiger partial charge is 0.134 e. The third-order valence-electron chi connectivity index (χ3n) is 3.58. The van der Waals surface area contributed by atoms with Gasteiger partial charge < -0.3 is 14.5 Å². The van der Waals surface area contributed by atoms with E-state index in [2.05, 4.69) is 38.2 Å². The fourth-order valence-electron chi connectivity index (χ4n) is 2.68. The number of benzene rings is 1. The zero-order chi connectivity index (χ0) is 14.5. The van der Waals surface area contributed by atoms with Gasteiger partial charge in [-0.05, 0) is 33.3 Å². The molecule has 0 saturated heterocycles. The van der Waals surface area contributed by atoms with Crippen LogP contribution in [0.15, 0.2) is 28.7 Å². The van der Waals surface area contributed by atoms with Crippen LogP contribution in [0.1, 0.15) is 45.1 Å². The van der Waals surface area contributed by atoms with E-state index in [-0.39, 0.29) is 6.04 Å². The lowest BCUT2D eigenvalue weighted by Gasteiger charge is -2.19. The van der Waals surface area contributed by atoms with Crippen molar-refractivity contribution in [1.82, 2.24) is 5.32 Å². The second kappa shape index (κ2) is 6.91. The third-order valence-corrected chi connectivity index (χ3v) is 3.58. The van der Waals surface area contributed by atoms with Gasteiger partial charge in [0.1, 0.15) is 11.3 Å². The van der Waals surface area contributed by atoms with Gasteiger partial charge >= 0.3 is 0 Å². The maximum atomic E-state index is 6.05. The highest BCUT2D eigenvalue weighted by Crippen LogP contribution is 2.30. The number of hydrogen-bond donors (Lipinski definition) is 1. The van der Waals surface area contributed by atoms with Gasteiger partial charge in [0.25, 0.3) is 0 Å². The predicted molar refractivity (Wildman–Crippen MR) is 83.1 cm³/mol. The molecule has 20 heavy (non-hydrogen) atoms. The summed E-state index contributed by atoms with van der Waals surface area (Å²) in [4.78, 5) is 0. The average Bonchev–Trinajstić information content (AvgIpc) is 2.83. The van der Waals surface area contributed by atoms with Gasteiger partial charge in [-0.2, -0.15) is 0 Å². The monoisotopic (exact) mass is 275 g/mol. The SMILES string of the molecule is CCOCC(C)NC(C)c1oc2ccccc2c1CC. The van der Waals surface area contributed by atoms with Gasteiger partial charge in [-0.1, -0.05) is 25.1 Å². The highest BCUT2D eigenvalue weighted by molar-refractivity contribution is 5.82. The molecule has 0 spiro atoms. The first-order valence-corrected chi connectivity index (χ1v) is 7.51. The van der Waals surface area contributed by atoms with E-state index >= 15 is 0 Å². The maximum absolute atomic E-state index is 6.05. The molecule has 1 heterocycles. The standard InChI is InChI=1S/C17H25NO2/c1-5-14-15-9-7-8-10-16(15)20-17(14)13(4)18-12(3)11-19-6-2/h7-10,12-13,18H,5-6,11H2,1-4H3. The first kappa shape index (κ1) is 15.1. The van der Waals surface area contributed by atoms with Gasteiger partial charge in [-0.3, -0.25) is 0 Å². The highest BCUT2D eigenvalue weighted by Gasteiger charge is 2.19. The quantitative estimate of drug-likeness (QED) is 0.827. The molecule has 2 atom stereocenters. The number of fused-ring (bicyclic) bond motifs is 1. The Hall–Kier alpha value is -1.32. The normalized spacial score (nSPS) is 14.6. The van der Waals surface area contributed by atoms with E-state index in [4.69, 9.17) is 9.15 Å². The Morgan fingerprint density at radius 1 is 1.20 bits per heavy atom. The lowest BCUT2D eigenvalue weighted by Crippen LogP contribution is -2.33. The van der Waals surface area contributed by atoms with Crippen LogP contribution in [0.25, 0.3) is 11.0 Å². The number of nitrogens with one attached hydrogen (secondary N) is 1. The van der Waals surface area contributed by atoms with Crippen LogP contribution in [-0.4, -0.2) is 19.3 Å². The maximum Gasteiger partial charge on any atom is 0.134 e. The first-order valence-electron chi connectivity index (χ1n) is 7.51. The van der Waals surface area contributed by atoms with E-state index in [9.17, 15) is 0 Å². The molecule has 1 aromatic heterocycles. The van der Waals surface area contributed by atoms with Crippen molar-refractivity contribution in [1.29, 1.82) is 0 Å². The fourth-order valence-corrected chi connectivity index (χ4v) is 2.68. The zero-order valence-corrected chi connectivity index (χ0v) is 12.9. The molecule has 0 aliphatic heterocycles. The molecule has 0 saturated carbocycles. The summed E-state index contributed by atoms with van der Waals surface area (Å²) in [6.45, 7) is 9.97. The summed E-state index contributed by atoms with van der Waals surface area (Å²) < 4.78 is 11.5. The first-order chi connectivity index (χ1) is 9.67. The number of furan rings is 1. The molecular weight excluding hydrogens is 250 g/mol. The minimum atomic E-state index is 0.188. The van der Waals surface area contributed by atoms with Gasteiger partial charge in [0.2, 0.25) is 0 Å². The summed E-state index contributed by atoms with van der Waals surface area (Å²) in [7, 11) is 0. The van der Waals surface area contributed by atoms with Gasteiger partial charge in [-0.15, -0.1) is 0 Å². The second-order valence-corrected chi connectivity index (χ2v) is 5.24. The summed E-state index contributed by atoms with van der Waals surface area (Å²) in [5.41, 5.74) is 2.29. The van der Waals surface area contributed by atoms with Crippen molar-refractivity contribution in [2.45, 2.75) is 46.2 Å². The van der Waals surface area contributed by atoms with Gasteiger partial charge in [0, 0.05) is 23.6 Å². The molecule has 0 aliphatic carbocycles. The second-order valence-electron chi connectivity index (χ2n) is 5.24. The van der Waals surface area contributed by atoms with Crippen LogP contribution in [0.3, 0.4) is 0 Å². The molecular formula is C17H25NO2. The van der Waals surface area contributed by atoms with Crippen LogP contribution in [0.5, 0.6) is 0 Å². The molecule has 0 radical (unpaired) electrons. The summed E-state index contributed by atoms with van der Waals surface area (Å²) in [5, 5.41) is 4.78. The Kier molecular flexibility index (Phi) is 5.21. The number of ether oxygens (including phenoxy) is 1. The van der Waals surface area contributed by atoms with E-state index in [0.717, 1.165) is 31.0 Å². The largest absolute Gasteiger partial charge is 0.459 e. The van der Waals surface area contributed by atoms with Crippen molar-refractivity contribution in [3.05, 3.63) is 35.6 Å². The molecule has 0 fully saturated rings. The van der Waals surface area contributed by atoms with Crippen LogP contribution in [0, 0.1) is 0 Å². The highest BCUT2D eigenvalue weighted by atomic mass is 16.5. The summed E-state index contributed by atoms with van der Waals surface area (Å²) in [6.07, 6.45) is 0.984. The number of rotatable bonds is 7. The third kappa shape index (κ3) is 3.22. The summed E-state index contributed by atoms with van der Waals surface area (Å²) in [6, 6.07) is 8.75. The molecule has 0 amide bonds. The predicted octanol–water partition coefficient (Wildman–Crippen LogP) is 4.07. The van der Waals surface area contributed by atoms with Crippen molar-refractivity contribution in [2.75, 3.05) is 13.2 Å². The molecule has 2 unspecified atom stereocenters. The van der Waals surface area contributed by atoms with E-state index in [1.165, 1.54) is 10.9 Å². The van der Waals surface area contributed by atoms with Crippen molar-refractivity contribution in [3.63, 3.8) is 0 Å². The van der Waals surface area contributed by atoms with E-state index in [0.29, 0.717) is 6.04 Å². The minimum Gasteiger partial charge on any atom is -0.459 e. The van der Waals surface area contributed by atoms with Crippen LogP contribution < -0.4 is 5.32 Å². The lowest BCUT2D eigenvalue weighted by atomic mass is 10.0. The molecule has 1 N–H and O–H groups in total. The molecule has 3 nitrogen and oxygen atoms in total. The Morgan fingerprint density at radius 3 is 2.65 bits per heavy atom. The van der Waals surface area contributed by atoms with E-state index in [1.807, 2.05) is 19.1 Å². The van der Waals surface area contributed by atoms with Crippen LogP contribution >= 0.6 is 0 Å². The fraction of sp³-hybridized carbons (Fsp3) is 0.529. The van der Waals surface area contributed by atoms with Gasteiger partial charge in [0.05, 0.1) is 12.6 Å². The average molecular weight is 275 g/mol. The summed E-state index contributed by atoms with van der Waals surface area (Å²) >= 11 is 0. The Balaban J connectivity index is 2.19. The minimum absolute atomic E-state index is 0.188. The van der Waals surface area contributed by atoms with Gasteiger partial charge in [-0.25, -0.2) is 0 Å². The summed E-state index contributed by atoms with van der Waals surface area (Å²) in [5.74, 6) is 1.05. The molecule has 2 rings (SSSR count). The Labute approximate surface area is 121 Å². The number of para-hydroxylation sites is 1. The van der Waals surface area contributed by atoms with E-state index < -0.39 is 0 Å². The Bertz CT molecular complexity index is 547. The van der Waals surface area contributed by atoms with Crippen molar-refractivity contribution in [3.8, 4) is 0 Å². The molecule has 110 valence electrons. The molecule has 2 aromatic rings. The van der Waals surface area contributed by atoms with Gasteiger partial charge in [0.15, 0.2) is 0 Å². The van der Waals surface area contributed by atoms with Crippen molar-refractivity contribution in [2.24, 2.45) is 0 Å². The topological polar surface area (TPSA) is 34.4 Å². The molecule has 0 aliphatic rings. The molecule has 1 aromatic carbocycles. The Morgan fingerprint density at radius 2 is 1.95 bits per heavy atom.